The van der Waals surface area contributed by atoms with Gasteiger partial charge in [-0.1, -0.05) is 46.0 Å². The Morgan fingerprint density at radius 3 is 2.71 bits per heavy atom. The predicted octanol–water partition coefficient (Wildman–Crippen LogP) is 5.02. The molecule has 5 aliphatic carbocycles. The van der Waals surface area contributed by atoms with E-state index < -0.39 is 5.60 Å². The van der Waals surface area contributed by atoms with Gasteiger partial charge in [-0.3, -0.25) is 0 Å². The fourth-order valence-electron chi connectivity index (χ4n) is 11.6. The first-order valence-electron chi connectivity index (χ1n) is 15.1. The normalized spacial score (nSPS) is 55.9. The van der Waals surface area contributed by atoms with Gasteiger partial charge in [0, 0.05) is 24.0 Å². The highest BCUT2D eigenvalue weighted by Crippen LogP contribution is 2.82. The average Bonchev–Trinajstić information content (AvgIpc) is 3.16. The summed E-state index contributed by atoms with van der Waals surface area (Å²) in [5.74, 6) is 2.51. The van der Waals surface area contributed by atoms with Crippen LogP contribution in [-0.4, -0.2) is 47.6 Å². The third-order valence-corrected chi connectivity index (χ3v) is 12.6. The number of aliphatic hydroxyl groups is 2. The Morgan fingerprint density at radius 1 is 1.06 bits per heavy atom. The maximum absolute atomic E-state index is 12.2. The van der Waals surface area contributed by atoms with Gasteiger partial charge in [0.05, 0.1) is 11.7 Å². The number of likely N-dealkylation sites (N-methyl/N-ethyl adjacent to an activating group) is 1. The van der Waals surface area contributed by atoms with Gasteiger partial charge in [-0.15, -0.1) is 0 Å². The SMILES string of the molecule is CCCCC[C@H]1C[C@H]2[C@@H]3N[C@@H](CNC)CC[C@H]3C[C@@]34[C@@H](O)C[C@]5(C)CCC[C@@](O)(C5)[C@@H]3C[C@]24C1. The van der Waals surface area contributed by atoms with Crippen molar-refractivity contribution in [3.05, 3.63) is 0 Å². The molecule has 194 valence electrons. The van der Waals surface area contributed by atoms with Crippen LogP contribution < -0.4 is 10.6 Å². The summed E-state index contributed by atoms with van der Waals surface area (Å²) in [5.41, 5.74) is -0.196. The maximum atomic E-state index is 12.2. The first-order valence-corrected chi connectivity index (χ1v) is 15.1. The van der Waals surface area contributed by atoms with Gasteiger partial charge in [-0.05, 0) is 106 Å². The molecule has 0 amide bonds. The molecule has 0 aromatic carbocycles. The third kappa shape index (κ3) is 3.30. The number of unbranched alkanes of at least 4 members (excludes halogenated alkanes) is 2. The minimum atomic E-state index is -0.538. The average molecular weight is 473 g/mol. The van der Waals surface area contributed by atoms with Crippen LogP contribution in [0.15, 0.2) is 0 Å². The summed E-state index contributed by atoms with van der Waals surface area (Å²) < 4.78 is 0. The van der Waals surface area contributed by atoms with Crippen molar-refractivity contribution in [2.45, 2.75) is 134 Å². The van der Waals surface area contributed by atoms with Crippen LogP contribution in [0.2, 0.25) is 0 Å². The lowest BCUT2D eigenvalue weighted by molar-refractivity contribution is -0.305. The zero-order valence-electron chi connectivity index (χ0n) is 22.2. The monoisotopic (exact) mass is 472 g/mol. The lowest BCUT2D eigenvalue weighted by Gasteiger charge is -2.75. The molecule has 4 nitrogen and oxygen atoms in total. The molecule has 0 unspecified atom stereocenters. The minimum Gasteiger partial charge on any atom is -0.392 e. The molecule has 1 heterocycles. The van der Waals surface area contributed by atoms with E-state index in [9.17, 15) is 10.2 Å². The second-order valence-electron chi connectivity index (χ2n) is 14.5. The van der Waals surface area contributed by atoms with Gasteiger partial charge in [0.15, 0.2) is 0 Å². The van der Waals surface area contributed by atoms with Gasteiger partial charge in [-0.25, -0.2) is 0 Å². The van der Waals surface area contributed by atoms with Crippen LogP contribution in [-0.2, 0) is 0 Å². The number of rotatable bonds is 6. The van der Waals surface area contributed by atoms with Crippen LogP contribution in [0.1, 0.15) is 110 Å². The molecule has 5 saturated carbocycles. The highest BCUT2D eigenvalue weighted by atomic mass is 16.3. The summed E-state index contributed by atoms with van der Waals surface area (Å²) in [5, 5.41) is 32.0. The van der Waals surface area contributed by atoms with Crippen LogP contribution in [0.3, 0.4) is 0 Å². The largest absolute Gasteiger partial charge is 0.392 e. The van der Waals surface area contributed by atoms with Crippen LogP contribution >= 0.6 is 0 Å². The summed E-state index contributed by atoms with van der Waals surface area (Å²) in [4.78, 5) is 0. The number of aliphatic hydroxyl groups excluding tert-OH is 1. The molecule has 1 aliphatic heterocycles. The Hall–Kier alpha value is -0.160. The topological polar surface area (TPSA) is 64.5 Å². The van der Waals surface area contributed by atoms with E-state index >= 15 is 0 Å². The van der Waals surface area contributed by atoms with E-state index in [2.05, 4.69) is 31.5 Å². The van der Waals surface area contributed by atoms with Crippen LogP contribution in [0.4, 0.5) is 0 Å². The molecule has 2 spiro atoms. The molecular formula is C30H52N2O2. The van der Waals surface area contributed by atoms with Gasteiger partial charge in [0.25, 0.3) is 0 Å². The van der Waals surface area contributed by atoms with Crippen LogP contribution in [0, 0.1) is 39.9 Å². The van der Waals surface area contributed by atoms with Crippen molar-refractivity contribution in [2.24, 2.45) is 39.9 Å². The molecule has 4 heteroatoms. The van der Waals surface area contributed by atoms with Gasteiger partial charge in [-0.2, -0.15) is 0 Å². The van der Waals surface area contributed by atoms with Gasteiger partial charge >= 0.3 is 0 Å². The summed E-state index contributed by atoms with van der Waals surface area (Å²) in [6.45, 7) is 5.76. The molecule has 4 N–H and O–H groups in total. The lowest BCUT2D eigenvalue weighted by Crippen LogP contribution is -2.76. The zero-order chi connectivity index (χ0) is 23.8. The number of nitrogens with one attached hydrogen (secondary N) is 2. The first-order chi connectivity index (χ1) is 16.3. The molecule has 0 aromatic rings. The molecule has 1 saturated heterocycles. The summed E-state index contributed by atoms with van der Waals surface area (Å²) in [6, 6.07) is 1.21. The second-order valence-corrected chi connectivity index (χ2v) is 14.5. The van der Waals surface area contributed by atoms with E-state index in [0.717, 1.165) is 38.1 Å². The van der Waals surface area contributed by atoms with Crippen molar-refractivity contribution < 1.29 is 10.2 Å². The Morgan fingerprint density at radius 2 is 1.91 bits per heavy atom. The molecule has 6 fully saturated rings. The lowest BCUT2D eigenvalue weighted by atomic mass is 9.31. The van der Waals surface area contributed by atoms with E-state index in [4.69, 9.17) is 0 Å². The molecular weight excluding hydrogens is 420 g/mol. The predicted molar refractivity (Wildman–Crippen MR) is 137 cm³/mol. The summed E-state index contributed by atoms with van der Waals surface area (Å²) in [7, 11) is 2.09. The smallest absolute Gasteiger partial charge is 0.0687 e. The highest BCUT2D eigenvalue weighted by molar-refractivity contribution is 5.29. The zero-order valence-corrected chi connectivity index (χ0v) is 22.2. The van der Waals surface area contributed by atoms with E-state index in [1.807, 2.05) is 0 Å². The summed E-state index contributed by atoms with van der Waals surface area (Å²) in [6.07, 6.45) is 17.9. The van der Waals surface area contributed by atoms with E-state index in [1.54, 1.807) is 0 Å². The van der Waals surface area contributed by atoms with Crippen LogP contribution in [0.25, 0.3) is 0 Å². The molecule has 6 aliphatic rings. The fourth-order valence-corrected chi connectivity index (χ4v) is 11.6. The van der Waals surface area contributed by atoms with Crippen molar-refractivity contribution in [1.29, 1.82) is 0 Å². The van der Waals surface area contributed by atoms with E-state index in [-0.39, 0.29) is 22.3 Å². The van der Waals surface area contributed by atoms with Gasteiger partial charge in [0.1, 0.15) is 0 Å². The van der Waals surface area contributed by atoms with Crippen LogP contribution in [0.5, 0.6) is 0 Å². The minimum absolute atomic E-state index is 0.0350. The fraction of sp³-hybridized carbons (Fsp3) is 1.00. The Kier molecular flexibility index (Phi) is 6.00. The van der Waals surface area contributed by atoms with Gasteiger partial charge < -0.3 is 20.8 Å². The van der Waals surface area contributed by atoms with E-state index in [1.165, 1.54) is 70.6 Å². The first kappa shape index (κ1) is 24.2. The molecule has 6 rings (SSSR count). The maximum Gasteiger partial charge on any atom is 0.0687 e. The summed E-state index contributed by atoms with van der Waals surface area (Å²) >= 11 is 0. The van der Waals surface area contributed by atoms with Crippen molar-refractivity contribution in [3.63, 3.8) is 0 Å². The Balaban J connectivity index is 1.38. The molecule has 11 atom stereocenters. The van der Waals surface area contributed by atoms with Crippen molar-refractivity contribution in [2.75, 3.05) is 13.6 Å². The standard InChI is InChI=1S/C30H52N2O2/c1-4-5-6-8-20-13-23-26-21(9-10-22(32-26)18-31-3)15-30-24(16-28(23,30)14-20)29(34)12-7-11-27(2,19-29)17-25(30)33/h20-26,31-34H,4-19H2,1-3H3/t20-,21-,22+,23-,24-,25-,26+,27-,28+,29+,30-/m0/s1. The highest BCUT2D eigenvalue weighted by Gasteiger charge is 2.80. The molecule has 0 radical (unpaired) electrons. The number of piperidine rings is 1. The molecule has 2 bridgehead atoms. The second kappa shape index (κ2) is 8.43. The van der Waals surface area contributed by atoms with Crippen molar-refractivity contribution in [3.8, 4) is 0 Å². The van der Waals surface area contributed by atoms with Gasteiger partial charge in [0.2, 0.25) is 0 Å². The molecule has 34 heavy (non-hydrogen) atoms. The quantitative estimate of drug-likeness (QED) is 0.410. The number of fused-ring (bicyclic) bond motifs is 5. The van der Waals surface area contributed by atoms with Crippen molar-refractivity contribution >= 4 is 0 Å². The Labute approximate surface area is 208 Å². The van der Waals surface area contributed by atoms with E-state index in [0.29, 0.717) is 29.8 Å². The third-order valence-electron chi connectivity index (χ3n) is 12.6. The Bertz CT molecular complexity index is 775. The number of hydrogen-bond donors (Lipinski definition) is 4. The number of hydrogen-bond acceptors (Lipinski definition) is 4. The van der Waals surface area contributed by atoms with Crippen molar-refractivity contribution in [1.82, 2.24) is 10.6 Å². The molecule has 0 aromatic heterocycles.